The molecule has 1 atom stereocenters. The second kappa shape index (κ2) is 9.95. The predicted octanol–water partition coefficient (Wildman–Crippen LogP) is 3.54. The Bertz CT molecular complexity index is 1210. The number of carbonyl (C=O) groups is 2. The maximum Gasteiger partial charge on any atom is 0.337 e. The molecule has 3 aromatic carbocycles. The van der Waals surface area contributed by atoms with Crippen molar-refractivity contribution in [2.45, 2.75) is 17.5 Å². The van der Waals surface area contributed by atoms with E-state index in [4.69, 9.17) is 17.3 Å². The Morgan fingerprint density at radius 2 is 1.56 bits per heavy atom. The lowest BCUT2D eigenvalue weighted by Crippen LogP contribution is -2.41. The minimum absolute atomic E-state index is 0.0230. The van der Waals surface area contributed by atoms with Crippen molar-refractivity contribution in [3.8, 4) is 0 Å². The van der Waals surface area contributed by atoms with Gasteiger partial charge in [0.05, 0.1) is 17.7 Å². The van der Waals surface area contributed by atoms with E-state index < -0.39 is 27.9 Å². The Balaban J connectivity index is 2.12. The number of nitrogens with zero attached hydrogens (tertiary/aromatic N) is 1. The molecule has 2 N–H and O–H groups in total. The predicted molar refractivity (Wildman–Crippen MR) is 120 cm³/mol. The summed E-state index contributed by atoms with van der Waals surface area (Å²) in [6.07, 6.45) is 0. The number of methoxy groups -OCH3 is 1. The molecule has 0 aromatic heterocycles. The van der Waals surface area contributed by atoms with Crippen molar-refractivity contribution in [1.82, 2.24) is 4.31 Å². The van der Waals surface area contributed by atoms with Crippen molar-refractivity contribution >= 4 is 33.5 Å². The van der Waals surface area contributed by atoms with Gasteiger partial charge >= 0.3 is 5.97 Å². The number of carbonyl (C=O) groups excluding carboxylic acids is 2. The molecule has 0 unspecified atom stereocenters. The zero-order valence-electron chi connectivity index (χ0n) is 17.1. The highest BCUT2D eigenvalue weighted by atomic mass is 35.5. The molecule has 0 aliphatic heterocycles. The van der Waals surface area contributed by atoms with Crippen LogP contribution < -0.4 is 5.73 Å². The van der Waals surface area contributed by atoms with Crippen LogP contribution in [0.25, 0.3) is 0 Å². The number of halogens is 1. The average molecular weight is 473 g/mol. The number of primary amides is 1. The van der Waals surface area contributed by atoms with Gasteiger partial charge < -0.3 is 10.5 Å². The van der Waals surface area contributed by atoms with Crippen molar-refractivity contribution in [3.63, 3.8) is 0 Å². The quantitative estimate of drug-likeness (QED) is 0.504. The van der Waals surface area contributed by atoms with E-state index in [2.05, 4.69) is 4.74 Å². The van der Waals surface area contributed by atoms with Crippen LogP contribution in [-0.2, 0) is 26.1 Å². The maximum absolute atomic E-state index is 13.7. The Hall–Kier alpha value is -3.20. The standard InChI is InChI=1S/C23H21ClN2O5S/c1-31-23(28)18-13-11-16(12-14-18)15-26(21(22(25)27)17-7-3-2-4-8-17)32(29,30)20-10-6-5-9-19(20)24/h2-14,21H,15H2,1H3,(H2,25,27)/t21-/m1/s1. The maximum atomic E-state index is 13.7. The summed E-state index contributed by atoms with van der Waals surface area (Å²) in [5, 5.41) is 0.0230. The number of rotatable bonds is 8. The topological polar surface area (TPSA) is 107 Å². The molecule has 0 aliphatic rings. The van der Waals surface area contributed by atoms with Crippen molar-refractivity contribution in [2.24, 2.45) is 5.73 Å². The largest absolute Gasteiger partial charge is 0.465 e. The van der Waals surface area contributed by atoms with Crippen LogP contribution in [0.5, 0.6) is 0 Å². The van der Waals surface area contributed by atoms with E-state index in [1.807, 2.05) is 0 Å². The molecule has 0 saturated carbocycles. The molecule has 32 heavy (non-hydrogen) atoms. The summed E-state index contributed by atoms with van der Waals surface area (Å²) in [5.41, 5.74) is 6.95. The number of hydrogen-bond acceptors (Lipinski definition) is 5. The van der Waals surface area contributed by atoms with Crippen molar-refractivity contribution in [1.29, 1.82) is 0 Å². The van der Waals surface area contributed by atoms with Gasteiger partial charge in [-0.05, 0) is 35.4 Å². The summed E-state index contributed by atoms with van der Waals surface area (Å²) in [5.74, 6) is -1.35. The zero-order valence-corrected chi connectivity index (χ0v) is 18.7. The molecule has 166 valence electrons. The van der Waals surface area contributed by atoms with Gasteiger partial charge in [-0.25, -0.2) is 13.2 Å². The van der Waals surface area contributed by atoms with Gasteiger partial charge in [0.15, 0.2) is 0 Å². The number of amides is 1. The van der Waals surface area contributed by atoms with Crippen LogP contribution in [-0.4, -0.2) is 31.7 Å². The third-order valence-corrected chi connectivity index (χ3v) is 7.12. The molecule has 0 bridgehead atoms. The van der Waals surface area contributed by atoms with Gasteiger partial charge in [0, 0.05) is 6.54 Å². The summed E-state index contributed by atoms with van der Waals surface area (Å²) in [6, 6.07) is 19.3. The van der Waals surface area contributed by atoms with Crippen LogP contribution in [0.2, 0.25) is 5.02 Å². The van der Waals surface area contributed by atoms with E-state index in [1.54, 1.807) is 54.6 Å². The van der Waals surface area contributed by atoms with Gasteiger partial charge in [0.2, 0.25) is 15.9 Å². The van der Waals surface area contributed by atoms with Gasteiger partial charge in [0.25, 0.3) is 0 Å². The third-order valence-electron chi connectivity index (χ3n) is 4.81. The average Bonchev–Trinajstić information content (AvgIpc) is 2.79. The van der Waals surface area contributed by atoms with E-state index in [1.165, 1.54) is 31.4 Å². The lowest BCUT2D eigenvalue weighted by molar-refractivity contribution is -0.122. The molecular formula is C23H21ClN2O5S. The molecule has 9 heteroatoms. The fourth-order valence-electron chi connectivity index (χ4n) is 3.25. The van der Waals surface area contributed by atoms with Crippen LogP contribution in [0.4, 0.5) is 0 Å². The van der Waals surface area contributed by atoms with Crippen molar-refractivity contribution in [3.05, 3.63) is 101 Å². The molecule has 0 spiro atoms. The Kier molecular flexibility index (Phi) is 7.29. The second-order valence-electron chi connectivity index (χ2n) is 6.88. The summed E-state index contributed by atoms with van der Waals surface area (Å²) in [6.45, 7) is -0.183. The molecular weight excluding hydrogens is 452 g/mol. The number of esters is 1. The van der Waals surface area contributed by atoms with E-state index in [0.717, 1.165) is 4.31 Å². The normalized spacial score (nSPS) is 12.3. The van der Waals surface area contributed by atoms with Crippen LogP contribution in [0.1, 0.15) is 27.5 Å². The molecule has 0 aliphatic carbocycles. The number of nitrogens with two attached hydrogens (primary N) is 1. The lowest BCUT2D eigenvalue weighted by Gasteiger charge is -2.29. The molecule has 0 saturated heterocycles. The Labute approximate surface area is 191 Å². The van der Waals surface area contributed by atoms with Crippen molar-refractivity contribution < 1.29 is 22.7 Å². The first-order chi connectivity index (χ1) is 15.3. The first kappa shape index (κ1) is 23.5. The van der Waals surface area contributed by atoms with Crippen LogP contribution in [0, 0.1) is 0 Å². The fraction of sp³-hybridized carbons (Fsp3) is 0.130. The molecule has 3 rings (SSSR count). The molecule has 0 radical (unpaired) electrons. The van der Waals surface area contributed by atoms with E-state index in [0.29, 0.717) is 16.7 Å². The second-order valence-corrected chi connectivity index (χ2v) is 9.15. The number of hydrogen-bond donors (Lipinski definition) is 1. The van der Waals surface area contributed by atoms with E-state index >= 15 is 0 Å². The zero-order chi connectivity index (χ0) is 23.3. The lowest BCUT2D eigenvalue weighted by atomic mass is 10.1. The van der Waals surface area contributed by atoms with Gasteiger partial charge in [-0.15, -0.1) is 0 Å². The monoisotopic (exact) mass is 472 g/mol. The van der Waals surface area contributed by atoms with Crippen LogP contribution in [0.15, 0.2) is 83.8 Å². The highest BCUT2D eigenvalue weighted by Crippen LogP contribution is 2.32. The number of ether oxygens (including phenoxy) is 1. The molecule has 3 aromatic rings. The molecule has 1 amide bonds. The van der Waals surface area contributed by atoms with Crippen molar-refractivity contribution in [2.75, 3.05) is 7.11 Å². The van der Waals surface area contributed by atoms with Gasteiger partial charge in [-0.2, -0.15) is 4.31 Å². The first-order valence-corrected chi connectivity index (χ1v) is 11.4. The summed E-state index contributed by atoms with van der Waals surface area (Å²) in [4.78, 5) is 24.1. The number of sulfonamides is 1. The highest BCUT2D eigenvalue weighted by Gasteiger charge is 2.37. The van der Waals surface area contributed by atoms with Gasteiger partial charge in [-0.3, -0.25) is 4.79 Å². The Morgan fingerprint density at radius 1 is 0.969 bits per heavy atom. The molecule has 7 nitrogen and oxygen atoms in total. The van der Waals surface area contributed by atoms with E-state index in [9.17, 15) is 18.0 Å². The minimum Gasteiger partial charge on any atom is -0.465 e. The fourth-order valence-corrected chi connectivity index (χ4v) is 5.32. The van der Waals surface area contributed by atoms with Crippen LogP contribution in [0.3, 0.4) is 0 Å². The minimum atomic E-state index is -4.24. The van der Waals surface area contributed by atoms with E-state index in [-0.39, 0.29) is 16.5 Å². The smallest absolute Gasteiger partial charge is 0.337 e. The highest BCUT2D eigenvalue weighted by molar-refractivity contribution is 7.89. The number of benzene rings is 3. The Morgan fingerprint density at radius 3 is 2.12 bits per heavy atom. The third kappa shape index (κ3) is 4.99. The van der Waals surface area contributed by atoms with Gasteiger partial charge in [-0.1, -0.05) is 66.2 Å². The SMILES string of the molecule is COC(=O)c1ccc(CN([C@@H](C(N)=O)c2ccccc2)S(=O)(=O)c2ccccc2Cl)cc1. The molecule has 0 heterocycles. The first-order valence-electron chi connectivity index (χ1n) is 9.53. The van der Waals surface area contributed by atoms with Crippen LogP contribution >= 0.6 is 11.6 Å². The summed E-state index contributed by atoms with van der Waals surface area (Å²) >= 11 is 6.18. The summed E-state index contributed by atoms with van der Waals surface area (Å²) in [7, 11) is -2.98. The van der Waals surface area contributed by atoms with Gasteiger partial charge in [0.1, 0.15) is 10.9 Å². The summed E-state index contributed by atoms with van der Waals surface area (Å²) < 4.78 is 33.0. The molecule has 0 fully saturated rings.